The number of anilines is 2. The highest BCUT2D eigenvalue weighted by molar-refractivity contribution is 5.66. The van der Waals surface area contributed by atoms with E-state index in [1.807, 2.05) is 60.7 Å². The van der Waals surface area contributed by atoms with Crippen LogP contribution in [0.15, 0.2) is 89.5 Å². The van der Waals surface area contributed by atoms with Crippen LogP contribution >= 0.6 is 0 Å². The van der Waals surface area contributed by atoms with E-state index in [1.165, 1.54) is 19.1 Å². The van der Waals surface area contributed by atoms with Gasteiger partial charge in [-0.1, -0.05) is 41.6 Å². The summed E-state index contributed by atoms with van der Waals surface area (Å²) in [6.45, 7) is 5.28. The van der Waals surface area contributed by atoms with E-state index in [0.717, 1.165) is 66.3 Å². The maximum absolute atomic E-state index is 12.6. The summed E-state index contributed by atoms with van der Waals surface area (Å²) in [5.74, 6) is 1.41. The van der Waals surface area contributed by atoms with Crippen LogP contribution in [0.4, 0.5) is 15.8 Å². The van der Waals surface area contributed by atoms with Crippen LogP contribution in [-0.4, -0.2) is 46.3 Å². The fourth-order valence-corrected chi connectivity index (χ4v) is 5.33. The standard InChI is InChI=1S/C18H22N3O3.C12H10FN.ClH/c1-13(22)23-16-11-21(9-7-14(16)8-10-21)12-17-19-18(24-20-17)15-5-3-2-4-6-15;13-10-6-8-12(9-7-10)14-11-4-2-1-3-5-11;/h2-6,14,16H,7-12H2,1H3;1-9,14H;1H/q+1;;/p-1. The summed E-state index contributed by atoms with van der Waals surface area (Å²) >= 11 is 0. The normalized spacial score (nSPS) is 21.2. The molecule has 39 heavy (non-hydrogen) atoms. The zero-order valence-electron chi connectivity index (χ0n) is 21.8. The fraction of sp³-hybridized carbons (Fsp3) is 0.300. The molecule has 0 radical (unpaired) electrons. The van der Waals surface area contributed by atoms with Crippen molar-refractivity contribution in [2.45, 2.75) is 32.4 Å². The van der Waals surface area contributed by atoms with Gasteiger partial charge in [0.15, 0.2) is 6.10 Å². The Morgan fingerprint density at radius 1 is 0.974 bits per heavy atom. The van der Waals surface area contributed by atoms with Crippen LogP contribution in [0.1, 0.15) is 25.6 Å². The van der Waals surface area contributed by atoms with Gasteiger partial charge in [0.2, 0.25) is 5.82 Å². The van der Waals surface area contributed by atoms with Gasteiger partial charge in [0, 0.05) is 42.6 Å². The predicted octanol–water partition coefficient (Wildman–Crippen LogP) is 2.98. The fourth-order valence-electron chi connectivity index (χ4n) is 5.33. The van der Waals surface area contributed by atoms with Crippen molar-refractivity contribution in [1.29, 1.82) is 0 Å². The van der Waals surface area contributed by atoms with Crippen molar-refractivity contribution >= 4 is 17.3 Å². The molecule has 0 amide bonds. The molecule has 1 N–H and O–H groups in total. The van der Waals surface area contributed by atoms with Crippen molar-refractivity contribution in [3.05, 3.63) is 96.6 Å². The molecule has 1 unspecified atom stereocenters. The molecule has 4 aromatic rings. The van der Waals surface area contributed by atoms with Gasteiger partial charge in [-0.15, -0.1) is 0 Å². The minimum atomic E-state index is -0.219. The highest BCUT2D eigenvalue weighted by Gasteiger charge is 2.48. The van der Waals surface area contributed by atoms with Crippen LogP contribution in [0.5, 0.6) is 0 Å². The minimum absolute atomic E-state index is 0. The van der Waals surface area contributed by atoms with E-state index in [4.69, 9.17) is 9.26 Å². The molecular weight excluding hydrogens is 519 g/mol. The lowest BCUT2D eigenvalue weighted by Crippen LogP contribution is -3.00. The minimum Gasteiger partial charge on any atom is -1.00 e. The van der Waals surface area contributed by atoms with Gasteiger partial charge >= 0.3 is 5.97 Å². The van der Waals surface area contributed by atoms with Gasteiger partial charge in [-0.3, -0.25) is 4.79 Å². The van der Waals surface area contributed by atoms with Crippen molar-refractivity contribution in [1.82, 2.24) is 10.1 Å². The van der Waals surface area contributed by atoms with Gasteiger partial charge in [0.1, 0.15) is 18.9 Å². The lowest BCUT2D eigenvalue weighted by atomic mass is 9.83. The number of benzene rings is 3. The first kappa shape index (κ1) is 28.3. The molecule has 3 aliphatic rings. The summed E-state index contributed by atoms with van der Waals surface area (Å²) in [5.41, 5.74) is 2.82. The van der Waals surface area contributed by atoms with Gasteiger partial charge in [0.05, 0.1) is 13.1 Å². The number of ether oxygens (including phenoxy) is 1. The molecule has 0 spiro atoms. The summed E-state index contributed by atoms with van der Waals surface area (Å²) in [6, 6.07) is 25.9. The Morgan fingerprint density at radius 2 is 1.59 bits per heavy atom. The number of carbonyl (C=O) groups is 1. The summed E-state index contributed by atoms with van der Waals surface area (Å²) < 4.78 is 24.5. The smallest absolute Gasteiger partial charge is 0.303 e. The van der Waals surface area contributed by atoms with Crippen molar-refractivity contribution in [3.8, 4) is 11.5 Å². The van der Waals surface area contributed by atoms with E-state index in [1.54, 1.807) is 12.1 Å². The maximum atomic E-state index is 12.6. The molecule has 4 heterocycles. The third-order valence-electron chi connectivity index (χ3n) is 7.23. The first-order valence-corrected chi connectivity index (χ1v) is 13.0. The molecular formula is C30H32ClFN4O3. The molecule has 7 nitrogen and oxygen atoms in total. The SMILES string of the molecule is CC(=O)OC1C[N+]2(Cc3noc(-c4ccccc4)n3)CCC1CC2.Fc1ccc(Nc2ccccc2)cc1.[Cl-]. The number of nitrogens with one attached hydrogen (secondary N) is 1. The van der Waals surface area contributed by atoms with E-state index in [-0.39, 0.29) is 30.3 Å². The van der Waals surface area contributed by atoms with Crippen LogP contribution in [0, 0.1) is 11.7 Å². The van der Waals surface area contributed by atoms with E-state index in [2.05, 4.69) is 15.5 Å². The van der Waals surface area contributed by atoms with Crippen molar-refractivity contribution < 1.29 is 35.3 Å². The molecule has 9 heteroatoms. The van der Waals surface area contributed by atoms with Gasteiger partial charge in [0.25, 0.3) is 5.89 Å². The van der Waals surface area contributed by atoms with Crippen LogP contribution < -0.4 is 17.7 Å². The second kappa shape index (κ2) is 12.9. The molecule has 2 bridgehead atoms. The molecule has 1 aromatic heterocycles. The average molecular weight is 551 g/mol. The Labute approximate surface area is 234 Å². The molecule has 3 saturated heterocycles. The number of halogens is 2. The second-order valence-corrected chi connectivity index (χ2v) is 9.99. The molecule has 1 atom stereocenters. The third kappa shape index (κ3) is 7.43. The Hall–Kier alpha value is -3.75. The van der Waals surface area contributed by atoms with Crippen LogP contribution in [-0.2, 0) is 16.1 Å². The number of hydrogen-bond acceptors (Lipinski definition) is 6. The molecule has 0 saturated carbocycles. The molecule has 0 aliphatic carbocycles. The third-order valence-corrected chi connectivity index (χ3v) is 7.23. The number of rotatable bonds is 6. The van der Waals surface area contributed by atoms with E-state index >= 15 is 0 Å². The zero-order valence-corrected chi connectivity index (χ0v) is 22.6. The first-order chi connectivity index (χ1) is 18.5. The van der Waals surface area contributed by atoms with Crippen LogP contribution in [0.2, 0.25) is 0 Å². The molecule has 3 aliphatic heterocycles. The lowest BCUT2D eigenvalue weighted by Gasteiger charge is -2.51. The molecule has 204 valence electrons. The molecule has 3 aromatic carbocycles. The maximum Gasteiger partial charge on any atom is 0.303 e. The Balaban J connectivity index is 0.000000202. The van der Waals surface area contributed by atoms with E-state index in [0.29, 0.717) is 11.8 Å². The predicted molar refractivity (Wildman–Crippen MR) is 143 cm³/mol. The summed E-state index contributed by atoms with van der Waals surface area (Å²) in [4.78, 5) is 15.9. The Morgan fingerprint density at radius 3 is 2.23 bits per heavy atom. The number of para-hydroxylation sites is 1. The number of aromatic nitrogens is 2. The Bertz CT molecular complexity index is 1330. The highest BCUT2D eigenvalue weighted by Crippen LogP contribution is 2.37. The zero-order chi connectivity index (χ0) is 26.4. The highest BCUT2D eigenvalue weighted by atomic mass is 35.5. The van der Waals surface area contributed by atoms with Crippen molar-refractivity contribution in [2.24, 2.45) is 5.92 Å². The monoisotopic (exact) mass is 550 g/mol. The number of piperidine rings is 3. The van der Waals surface area contributed by atoms with Gasteiger partial charge in [-0.05, 0) is 48.5 Å². The lowest BCUT2D eigenvalue weighted by molar-refractivity contribution is -0.958. The molecule has 3 fully saturated rings. The Kier molecular flexibility index (Phi) is 9.32. The number of quaternary nitrogens is 1. The summed E-state index contributed by atoms with van der Waals surface area (Å²) in [7, 11) is 0. The quantitative estimate of drug-likeness (QED) is 0.294. The van der Waals surface area contributed by atoms with Gasteiger partial charge < -0.3 is 31.5 Å². The molecule has 7 rings (SSSR count). The summed E-state index contributed by atoms with van der Waals surface area (Å²) in [5, 5.41) is 7.34. The van der Waals surface area contributed by atoms with Crippen molar-refractivity contribution in [2.75, 3.05) is 25.0 Å². The van der Waals surface area contributed by atoms with Crippen molar-refractivity contribution in [3.63, 3.8) is 0 Å². The van der Waals surface area contributed by atoms with E-state index in [9.17, 15) is 9.18 Å². The van der Waals surface area contributed by atoms with Crippen LogP contribution in [0.3, 0.4) is 0 Å². The second-order valence-electron chi connectivity index (χ2n) is 9.99. The summed E-state index contributed by atoms with van der Waals surface area (Å²) in [6.07, 6.45) is 2.23. The number of carbonyl (C=O) groups excluding carboxylic acids is 1. The number of esters is 1. The van der Waals surface area contributed by atoms with Gasteiger partial charge in [-0.25, -0.2) is 4.39 Å². The number of hydrogen-bond donors (Lipinski definition) is 1. The van der Waals surface area contributed by atoms with Crippen LogP contribution in [0.25, 0.3) is 11.5 Å². The first-order valence-electron chi connectivity index (χ1n) is 13.0. The topological polar surface area (TPSA) is 77.2 Å². The average Bonchev–Trinajstić information content (AvgIpc) is 3.40. The number of fused-ring (bicyclic) bond motifs is 3. The van der Waals surface area contributed by atoms with E-state index < -0.39 is 0 Å². The van der Waals surface area contributed by atoms with Gasteiger partial charge in [-0.2, -0.15) is 4.98 Å². The largest absolute Gasteiger partial charge is 1.00 e. The number of nitrogens with zero attached hydrogens (tertiary/aromatic N) is 3.